The molecule has 2 aromatic rings. The highest BCUT2D eigenvalue weighted by Gasteiger charge is 2.08. The number of rotatable bonds is 8. The highest BCUT2D eigenvalue weighted by molar-refractivity contribution is 7.99. The van der Waals surface area contributed by atoms with E-state index in [1.807, 2.05) is 54.6 Å². The lowest BCUT2D eigenvalue weighted by Gasteiger charge is -2.12. The van der Waals surface area contributed by atoms with Gasteiger partial charge in [-0.3, -0.25) is 0 Å². The average molecular weight is 304 g/mol. The molecule has 1 unspecified atom stereocenters. The summed E-state index contributed by atoms with van der Waals surface area (Å²) >= 11 is 1.57. The first kappa shape index (κ1) is 15.9. The second-order valence-corrected chi connectivity index (χ2v) is 5.68. The molecule has 0 saturated heterocycles. The van der Waals surface area contributed by atoms with Gasteiger partial charge >= 0.3 is 0 Å². The van der Waals surface area contributed by atoms with Gasteiger partial charge in [-0.15, -0.1) is 11.8 Å². The Bertz CT molecular complexity index is 531. The lowest BCUT2D eigenvalue weighted by Crippen LogP contribution is -2.17. The highest BCUT2D eigenvalue weighted by Crippen LogP contribution is 2.29. The molecule has 0 spiro atoms. The summed E-state index contributed by atoms with van der Waals surface area (Å²) in [4.78, 5) is 1.03. The fraction of sp³-hybridized carbons (Fsp3) is 0.294. The molecule has 0 heterocycles. The Morgan fingerprint density at radius 2 is 1.76 bits per heavy atom. The fourth-order valence-corrected chi connectivity index (χ4v) is 2.80. The Labute approximate surface area is 129 Å². The molecule has 112 valence electrons. The van der Waals surface area contributed by atoms with Gasteiger partial charge in [-0.1, -0.05) is 42.5 Å². The van der Waals surface area contributed by atoms with Gasteiger partial charge in [0.2, 0.25) is 0 Å². The summed E-state index contributed by atoms with van der Waals surface area (Å²) in [5.74, 6) is 1.41. The minimum atomic E-state index is -0.497. The summed E-state index contributed by atoms with van der Waals surface area (Å²) in [5.41, 5.74) is 1.11. The van der Waals surface area contributed by atoms with Crippen LogP contribution in [0, 0.1) is 0 Å². The molecular weight excluding hydrogens is 284 g/mol. The van der Waals surface area contributed by atoms with Crippen LogP contribution in [0.15, 0.2) is 59.5 Å². The molecule has 1 N–H and O–H groups in total. The predicted octanol–water partition coefficient (Wildman–Crippen LogP) is 3.37. The summed E-state index contributed by atoms with van der Waals surface area (Å²) in [6.07, 6.45) is -0.497. The van der Waals surface area contributed by atoms with Crippen LogP contribution >= 0.6 is 11.8 Å². The van der Waals surface area contributed by atoms with Gasteiger partial charge < -0.3 is 14.6 Å². The monoisotopic (exact) mass is 304 g/mol. The van der Waals surface area contributed by atoms with Crippen LogP contribution in [0.2, 0.25) is 0 Å². The van der Waals surface area contributed by atoms with Gasteiger partial charge in [0, 0.05) is 10.6 Å². The number of hydrogen-bond donors (Lipinski definition) is 1. The van der Waals surface area contributed by atoms with Crippen molar-refractivity contribution in [1.29, 1.82) is 0 Å². The van der Waals surface area contributed by atoms with Gasteiger partial charge in [0.15, 0.2) is 0 Å². The van der Waals surface area contributed by atoms with Crippen LogP contribution in [0.25, 0.3) is 0 Å². The summed E-state index contributed by atoms with van der Waals surface area (Å²) in [6, 6.07) is 17.8. The van der Waals surface area contributed by atoms with Crippen LogP contribution in [-0.2, 0) is 11.3 Å². The molecule has 0 aliphatic heterocycles. The van der Waals surface area contributed by atoms with Crippen LogP contribution in [-0.4, -0.2) is 30.7 Å². The molecule has 1 atom stereocenters. The normalized spacial score (nSPS) is 12.1. The maximum Gasteiger partial charge on any atom is 0.132 e. The quantitative estimate of drug-likeness (QED) is 0.759. The zero-order chi connectivity index (χ0) is 14.9. The van der Waals surface area contributed by atoms with E-state index in [2.05, 4.69) is 0 Å². The number of thioether (sulfide) groups is 1. The van der Waals surface area contributed by atoms with Crippen LogP contribution in [0.1, 0.15) is 5.56 Å². The predicted molar refractivity (Wildman–Crippen MR) is 85.8 cm³/mol. The molecular formula is C17H20O3S. The smallest absolute Gasteiger partial charge is 0.132 e. The van der Waals surface area contributed by atoms with Crippen LogP contribution in [0.5, 0.6) is 5.75 Å². The first-order valence-electron chi connectivity index (χ1n) is 6.85. The van der Waals surface area contributed by atoms with E-state index in [9.17, 15) is 5.11 Å². The summed E-state index contributed by atoms with van der Waals surface area (Å²) in [7, 11) is 1.65. The van der Waals surface area contributed by atoms with Gasteiger partial charge in [0.1, 0.15) is 5.75 Å². The van der Waals surface area contributed by atoms with Gasteiger partial charge in [-0.2, -0.15) is 0 Å². The lowest BCUT2D eigenvalue weighted by molar-refractivity contribution is 0.0398. The van der Waals surface area contributed by atoms with Crippen molar-refractivity contribution in [3.8, 4) is 5.75 Å². The van der Waals surface area contributed by atoms with Crippen LogP contribution in [0.4, 0.5) is 0 Å². The average Bonchev–Trinajstić information content (AvgIpc) is 2.54. The highest BCUT2D eigenvalue weighted by atomic mass is 32.2. The van der Waals surface area contributed by atoms with Gasteiger partial charge in [0.25, 0.3) is 0 Å². The molecule has 3 nitrogen and oxygen atoms in total. The van der Waals surface area contributed by atoms with Crippen molar-refractivity contribution in [3.63, 3.8) is 0 Å². The standard InChI is InChI=1S/C17H20O3S/c1-19-16-9-5-6-10-17(16)21-13-15(18)12-20-11-14-7-3-2-4-8-14/h2-10,15,18H,11-13H2,1H3. The Hall–Kier alpha value is -1.49. The lowest BCUT2D eigenvalue weighted by atomic mass is 10.2. The first-order chi connectivity index (χ1) is 10.3. The van der Waals surface area contributed by atoms with Gasteiger partial charge in [-0.25, -0.2) is 0 Å². The third-order valence-corrected chi connectivity index (χ3v) is 4.12. The zero-order valence-electron chi connectivity index (χ0n) is 12.1. The summed E-state index contributed by atoms with van der Waals surface area (Å²) in [5, 5.41) is 9.97. The van der Waals surface area contributed by atoms with Crippen LogP contribution in [0.3, 0.4) is 0 Å². The summed E-state index contributed by atoms with van der Waals surface area (Å²) < 4.78 is 10.8. The maximum atomic E-state index is 9.97. The molecule has 0 aliphatic rings. The van der Waals surface area contributed by atoms with E-state index in [4.69, 9.17) is 9.47 Å². The number of methoxy groups -OCH3 is 1. The second-order valence-electron chi connectivity index (χ2n) is 4.62. The third-order valence-electron chi connectivity index (χ3n) is 2.92. The molecule has 0 aromatic heterocycles. The number of ether oxygens (including phenoxy) is 2. The second kappa shape index (κ2) is 8.72. The number of hydrogen-bond acceptors (Lipinski definition) is 4. The van der Waals surface area contributed by atoms with Crippen molar-refractivity contribution < 1.29 is 14.6 Å². The molecule has 0 saturated carbocycles. The third kappa shape index (κ3) is 5.42. The molecule has 0 amide bonds. The van der Waals surface area contributed by atoms with E-state index in [-0.39, 0.29) is 0 Å². The Kier molecular flexibility index (Phi) is 6.60. The molecule has 0 bridgehead atoms. The SMILES string of the molecule is COc1ccccc1SCC(O)COCc1ccccc1. The van der Waals surface area contributed by atoms with E-state index < -0.39 is 6.10 Å². The Balaban J connectivity index is 1.71. The topological polar surface area (TPSA) is 38.7 Å². The zero-order valence-corrected chi connectivity index (χ0v) is 12.9. The molecule has 0 fully saturated rings. The van der Waals surface area contributed by atoms with Gasteiger partial charge in [-0.05, 0) is 17.7 Å². The number of aliphatic hydroxyl groups is 1. The van der Waals surface area contributed by atoms with E-state index in [1.165, 1.54) is 0 Å². The number of benzene rings is 2. The molecule has 0 radical (unpaired) electrons. The molecule has 2 rings (SSSR count). The van der Waals surface area contributed by atoms with E-state index in [1.54, 1.807) is 18.9 Å². The Morgan fingerprint density at radius 3 is 2.52 bits per heavy atom. The van der Waals surface area contributed by atoms with Crippen molar-refractivity contribution in [1.82, 2.24) is 0 Å². The Morgan fingerprint density at radius 1 is 1.05 bits per heavy atom. The molecule has 4 heteroatoms. The fourth-order valence-electron chi connectivity index (χ4n) is 1.86. The van der Waals surface area contributed by atoms with Crippen molar-refractivity contribution >= 4 is 11.8 Å². The minimum Gasteiger partial charge on any atom is -0.496 e. The number of para-hydroxylation sites is 1. The minimum absolute atomic E-state index is 0.330. The molecule has 2 aromatic carbocycles. The van der Waals surface area contributed by atoms with Crippen molar-refractivity contribution in [2.24, 2.45) is 0 Å². The van der Waals surface area contributed by atoms with E-state index in [0.29, 0.717) is 19.0 Å². The van der Waals surface area contributed by atoms with E-state index >= 15 is 0 Å². The summed E-state index contributed by atoms with van der Waals surface area (Å²) in [6.45, 7) is 0.855. The number of aliphatic hydroxyl groups excluding tert-OH is 1. The van der Waals surface area contributed by atoms with Crippen molar-refractivity contribution in [2.75, 3.05) is 19.5 Å². The van der Waals surface area contributed by atoms with Gasteiger partial charge in [0.05, 0.1) is 26.4 Å². The maximum absolute atomic E-state index is 9.97. The molecule has 0 aliphatic carbocycles. The van der Waals surface area contributed by atoms with Crippen molar-refractivity contribution in [2.45, 2.75) is 17.6 Å². The first-order valence-corrected chi connectivity index (χ1v) is 7.83. The van der Waals surface area contributed by atoms with Crippen LogP contribution < -0.4 is 4.74 Å². The van der Waals surface area contributed by atoms with Crippen molar-refractivity contribution in [3.05, 3.63) is 60.2 Å². The largest absolute Gasteiger partial charge is 0.496 e. The van der Waals surface area contributed by atoms with E-state index in [0.717, 1.165) is 16.2 Å². The molecule has 21 heavy (non-hydrogen) atoms.